The highest BCUT2D eigenvalue weighted by Gasteiger charge is 2.32. The van der Waals surface area contributed by atoms with Crippen LogP contribution < -0.4 is 10.3 Å². The van der Waals surface area contributed by atoms with Gasteiger partial charge in [-0.3, -0.25) is 14.0 Å². The number of carbonyl (C=O) groups excluding carboxylic acids is 1. The molecule has 0 fully saturated rings. The van der Waals surface area contributed by atoms with E-state index in [1.807, 2.05) is 45.3 Å². The topological polar surface area (TPSA) is 92.6 Å². The lowest BCUT2D eigenvalue weighted by atomic mass is 9.81. The Labute approximate surface area is 192 Å². The summed E-state index contributed by atoms with van der Waals surface area (Å²) in [5, 5.41) is 4.31. The molecule has 0 aliphatic carbocycles. The summed E-state index contributed by atoms with van der Waals surface area (Å²) >= 11 is 0. The van der Waals surface area contributed by atoms with Gasteiger partial charge in [0.15, 0.2) is 11.4 Å². The van der Waals surface area contributed by atoms with E-state index in [4.69, 9.17) is 16.0 Å². The third-order valence-corrected chi connectivity index (χ3v) is 5.53. The first-order chi connectivity index (χ1) is 15.9. The molecular weight excluding hydrogens is 422 g/mol. The Hall–Kier alpha value is -3.93. The molecule has 0 aliphatic heterocycles. The van der Waals surface area contributed by atoms with Crippen molar-refractivity contribution in [2.75, 3.05) is 13.7 Å². The smallest absolute Gasteiger partial charge is 0.361 e. The number of hydrogen-bond acceptors (Lipinski definition) is 6. The van der Waals surface area contributed by atoms with Crippen molar-refractivity contribution in [3.63, 3.8) is 0 Å². The molecule has 0 saturated heterocycles. The molecule has 0 N–H and O–H groups in total. The van der Waals surface area contributed by atoms with Crippen LogP contribution in [0.15, 0.2) is 41.5 Å². The fourth-order valence-corrected chi connectivity index (χ4v) is 4.07. The SMILES string of the molecule is [C-]#[N+]c1ccccc1C(c1cnn(C)c1)C(C)c1nc(C(=O)OCC)c(OC)c(=O)n1CC. The standard InChI is InChI=1S/C24H27N5O4/c1-7-29-22(27-20(24(31)33-8-2)21(32-6)23(29)30)15(3)19(16-13-26-28(5)14-16)17-11-9-10-12-18(17)25-4/h9-15,19H,7-8H2,1-3,5-6H3. The zero-order valence-electron chi connectivity index (χ0n) is 19.4. The summed E-state index contributed by atoms with van der Waals surface area (Å²) in [6.07, 6.45) is 3.62. The van der Waals surface area contributed by atoms with E-state index in [0.29, 0.717) is 18.1 Å². The molecule has 9 heteroatoms. The molecule has 1 aromatic carbocycles. The summed E-state index contributed by atoms with van der Waals surface area (Å²) in [7, 11) is 3.15. The Kier molecular flexibility index (Phi) is 7.28. The van der Waals surface area contributed by atoms with Crippen LogP contribution in [0.4, 0.5) is 5.69 Å². The highest BCUT2D eigenvalue weighted by Crippen LogP contribution is 2.41. The quantitative estimate of drug-likeness (QED) is 0.385. The lowest BCUT2D eigenvalue weighted by Crippen LogP contribution is -2.31. The molecule has 0 spiro atoms. The Balaban J connectivity index is 2.29. The largest absolute Gasteiger partial charge is 0.489 e. The summed E-state index contributed by atoms with van der Waals surface area (Å²) in [5.74, 6) is -1.19. The van der Waals surface area contributed by atoms with E-state index in [0.717, 1.165) is 11.1 Å². The number of nitrogens with zero attached hydrogens (tertiary/aromatic N) is 5. The van der Waals surface area contributed by atoms with Gasteiger partial charge in [-0.05, 0) is 25.0 Å². The van der Waals surface area contributed by atoms with Crippen LogP contribution in [0.5, 0.6) is 5.75 Å². The molecule has 0 saturated carbocycles. The number of methoxy groups -OCH3 is 1. The van der Waals surface area contributed by atoms with Crippen LogP contribution in [0.2, 0.25) is 0 Å². The number of hydrogen-bond donors (Lipinski definition) is 0. The fraction of sp³-hybridized carbons (Fsp3) is 0.375. The maximum Gasteiger partial charge on any atom is 0.361 e. The molecule has 0 aliphatic rings. The molecule has 2 atom stereocenters. The molecule has 2 heterocycles. The normalized spacial score (nSPS) is 12.6. The van der Waals surface area contributed by atoms with E-state index < -0.39 is 11.5 Å². The molecule has 0 radical (unpaired) electrons. The molecule has 3 rings (SSSR count). The highest BCUT2D eigenvalue weighted by atomic mass is 16.5. The molecule has 9 nitrogen and oxygen atoms in total. The van der Waals surface area contributed by atoms with Gasteiger partial charge in [-0.25, -0.2) is 14.6 Å². The average molecular weight is 450 g/mol. The maximum absolute atomic E-state index is 13.2. The number of rotatable bonds is 8. The van der Waals surface area contributed by atoms with Gasteiger partial charge < -0.3 is 9.47 Å². The third kappa shape index (κ3) is 4.51. The van der Waals surface area contributed by atoms with Crippen molar-refractivity contribution in [1.29, 1.82) is 0 Å². The highest BCUT2D eigenvalue weighted by molar-refractivity contribution is 5.90. The third-order valence-electron chi connectivity index (χ3n) is 5.53. The van der Waals surface area contributed by atoms with E-state index in [-0.39, 0.29) is 29.9 Å². The first-order valence-corrected chi connectivity index (χ1v) is 10.7. The fourth-order valence-electron chi connectivity index (χ4n) is 4.07. The molecule has 172 valence electrons. The second-order valence-corrected chi connectivity index (χ2v) is 7.51. The van der Waals surface area contributed by atoms with Crippen molar-refractivity contribution in [3.05, 3.63) is 81.1 Å². The number of aromatic nitrogens is 4. The van der Waals surface area contributed by atoms with Gasteiger partial charge in [0, 0.05) is 31.6 Å². The summed E-state index contributed by atoms with van der Waals surface area (Å²) in [5.41, 5.74) is 1.55. The molecular formula is C24H27N5O4. The van der Waals surface area contributed by atoms with Crippen molar-refractivity contribution in [1.82, 2.24) is 19.3 Å². The Morgan fingerprint density at radius 1 is 1.27 bits per heavy atom. The summed E-state index contributed by atoms with van der Waals surface area (Å²) in [6, 6.07) is 7.34. The predicted molar refractivity (Wildman–Crippen MR) is 123 cm³/mol. The second kappa shape index (κ2) is 10.1. The zero-order valence-corrected chi connectivity index (χ0v) is 19.4. The zero-order chi connectivity index (χ0) is 24.1. The number of aryl methyl sites for hydroxylation is 1. The van der Waals surface area contributed by atoms with E-state index in [2.05, 4.69) is 14.9 Å². The molecule has 3 aromatic rings. The van der Waals surface area contributed by atoms with Crippen molar-refractivity contribution in [3.8, 4) is 5.75 Å². The summed E-state index contributed by atoms with van der Waals surface area (Å²) in [4.78, 5) is 34.1. The van der Waals surface area contributed by atoms with E-state index in [1.165, 1.54) is 11.7 Å². The van der Waals surface area contributed by atoms with E-state index in [1.54, 1.807) is 23.9 Å². The number of carbonyl (C=O) groups is 1. The van der Waals surface area contributed by atoms with Crippen molar-refractivity contribution in [2.24, 2.45) is 7.05 Å². The summed E-state index contributed by atoms with van der Waals surface area (Å²) < 4.78 is 13.5. The Morgan fingerprint density at radius 2 is 2.00 bits per heavy atom. The van der Waals surface area contributed by atoms with Crippen LogP contribution in [0.3, 0.4) is 0 Å². The van der Waals surface area contributed by atoms with Gasteiger partial charge in [0.05, 0.1) is 26.5 Å². The number of benzene rings is 1. The van der Waals surface area contributed by atoms with Crippen LogP contribution in [0.1, 0.15) is 60.0 Å². The van der Waals surface area contributed by atoms with Gasteiger partial charge in [0.1, 0.15) is 5.82 Å². The van der Waals surface area contributed by atoms with Crippen molar-refractivity contribution >= 4 is 11.7 Å². The first-order valence-electron chi connectivity index (χ1n) is 10.7. The average Bonchev–Trinajstić information content (AvgIpc) is 3.24. The van der Waals surface area contributed by atoms with Gasteiger partial charge in [-0.2, -0.15) is 5.10 Å². The van der Waals surface area contributed by atoms with Crippen LogP contribution >= 0.6 is 0 Å². The minimum absolute atomic E-state index is 0.141. The van der Waals surface area contributed by atoms with Crippen LogP contribution in [-0.2, 0) is 18.3 Å². The second-order valence-electron chi connectivity index (χ2n) is 7.51. The first kappa shape index (κ1) is 23.7. The molecule has 0 amide bonds. The molecule has 2 unspecified atom stereocenters. The van der Waals surface area contributed by atoms with Gasteiger partial charge in [-0.1, -0.05) is 31.2 Å². The van der Waals surface area contributed by atoms with Gasteiger partial charge in [0.2, 0.25) is 5.75 Å². The molecule has 0 bridgehead atoms. The maximum atomic E-state index is 13.2. The van der Waals surface area contributed by atoms with Crippen LogP contribution in [0.25, 0.3) is 4.85 Å². The van der Waals surface area contributed by atoms with Crippen molar-refractivity contribution in [2.45, 2.75) is 39.2 Å². The Morgan fingerprint density at radius 3 is 2.58 bits per heavy atom. The van der Waals surface area contributed by atoms with Crippen LogP contribution in [0, 0.1) is 6.57 Å². The molecule has 2 aromatic heterocycles. The minimum Gasteiger partial charge on any atom is -0.489 e. The van der Waals surface area contributed by atoms with Crippen molar-refractivity contribution < 1.29 is 14.3 Å². The lowest BCUT2D eigenvalue weighted by Gasteiger charge is -2.27. The lowest BCUT2D eigenvalue weighted by molar-refractivity contribution is 0.0513. The number of para-hydroxylation sites is 1. The Bertz CT molecular complexity index is 1250. The van der Waals surface area contributed by atoms with Crippen LogP contribution in [-0.4, -0.2) is 39.0 Å². The number of esters is 1. The predicted octanol–water partition coefficient (Wildman–Crippen LogP) is 3.67. The number of ether oxygens (including phenoxy) is 2. The van der Waals surface area contributed by atoms with E-state index in [9.17, 15) is 9.59 Å². The summed E-state index contributed by atoms with van der Waals surface area (Å²) in [6.45, 7) is 13.6. The van der Waals surface area contributed by atoms with E-state index >= 15 is 0 Å². The van der Waals surface area contributed by atoms with Gasteiger partial charge in [-0.15, -0.1) is 0 Å². The van der Waals surface area contributed by atoms with Gasteiger partial charge >= 0.3 is 5.97 Å². The monoisotopic (exact) mass is 449 g/mol. The minimum atomic E-state index is -0.720. The molecule has 33 heavy (non-hydrogen) atoms. The van der Waals surface area contributed by atoms with Gasteiger partial charge in [0.25, 0.3) is 5.56 Å².